The largest absolute Gasteiger partial charge is 0.376 e. The van der Waals surface area contributed by atoms with Gasteiger partial charge in [-0.3, -0.25) is 4.79 Å². The lowest BCUT2D eigenvalue weighted by Crippen LogP contribution is -2.38. The minimum atomic E-state index is -0.342. The number of nitrogens with zero attached hydrogens (tertiary/aromatic N) is 1. The minimum Gasteiger partial charge on any atom is -0.376 e. The molecule has 3 rings (SSSR count). The van der Waals surface area contributed by atoms with Gasteiger partial charge >= 0.3 is 0 Å². The van der Waals surface area contributed by atoms with E-state index in [1.165, 1.54) is 6.07 Å². The van der Waals surface area contributed by atoms with Crippen molar-refractivity contribution >= 4 is 11.6 Å². The molecule has 1 atom stereocenters. The predicted octanol–water partition coefficient (Wildman–Crippen LogP) is 3.58. The number of ether oxygens (including phenoxy) is 1. The van der Waals surface area contributed by atoms with Gasteiger partial charge in [-0.2, -0.15) is 0 Å². The summed E-state index contributed by atoms with van der Waals surface area (Å²) in [5.74, 6) is -0.456. The molecule has 0 N–H and O–H groups in total. The van der Waals surface area contributed by atoms with Crippen molar-refractivity contribution in [2.45, 2.75) is 25.4 Å². The van der Waals surface area contributed by atoms with Gasteiger partial charge in [-0.15, -0.1) is 0 Å². The van der Waals surface area contributed by atoms with Gasteiger partial charge < -0.3 is 9.64 Å². The summed E-state index contributed by atoms with van der Waals surface area (Å²) in [5, 5.41) is 0. The van der Waals surface area contributed by atoms with Crippen LogP contribution in [0.15, 0.2) is 54.6 Å². The molecule has 1 saturated heterocycles. The molecule has 0 saturated carbocycles. The van der Waals surface area contributed by atoms with E-state index in [-0.39, 0.29) is 24.2 Å². The first-order valence-corrected chi connectivity index (χ1v) is 7.94. The number of hydrogen-bond acceptors (Lipinski definition) is 2. The third-order valence-corrected chi connectivity index (χ3v) is 4.08. The molecule has 3 nitrogen and oxygen atoms in total. The summed E-state index contributed by atoms with van der Waals surface area (Å²) in [4.78, 5) is 14.5. The number of benzene rings is 2. The van der Waals surface area contributed by atoms with Gasteiger partial charge in [0.2, 0.25) is 5.91 Å². The molecular weight excluding hydrogens is 293 g/mol. The van der Waals surface area contributed by atoms with Crippen LogP contribution in [0.2, 0.25) is 0 Å². The van der Waals surface area contributed by atoms with Gasteiger partial charge in [-0.25, -0.2) is 4.39 Å². The number of anilines is 1. The average molecular weight is 313 g/mol. The van der Waals surface area contributed by atoms with Gasteiger partial charge in [0.15, 0.2) is 0 Å². The van der Waals surface area contributed by atoms with E-state index in [0.29, 0.717) is 12.1 Å². The summed E-state index contributed by atoms with van der Waals surface area (Å²) >= 11 is 0. The van der Waals surface area contributed by atoms with E-state index in [4.69, 9.17) is 4.74 Å². The van der Waals surface area contributed by atoms with Crippen LogP contribution in [0, 0.1) is 5.82 Å². The standard InChI is InChI=1S/C19H20FNO2/c20-18-11-5-4-7-15(18)13-19(22)21(14-17-10-6-12-23-17)16-8-2-1-3-9-16/h1-5,7-9,11,17H,6,10,12-14H2. The first-order chi connectivity index (χ1) is 11.2. The Morgan fingerprint density at radius 1 is 1.13 bits per heavy atom. The molecule has 2 aromatic carbocycles. The van der Waals surface area contributed by atoms with Crippen molar-refractivity contribution in [1.29, 1.82) is 0 Å². The van der Waals surface area contributed by atoms with Crippen molar-refractivity contribution in [3.63, 3.8) is 0 Å². The maximum absolute atomic E-state index is 13.8. The molecule has 2 aromatic rings. The number of carbonyl (C=O) groups excluding carboxylic acids is 1. The number of hydrogen-bond donors (Lipinski definition) is 0. The van der Waals surface area contributed by atoms with Crippen LogP contribution in [-0.4, -0.2) is 25.2 Å². The summed E-state index contributed by atoms with van der Waals surface area (Å²) in [5.41, 5.74) is 1.25. The molecule has 1 amide bonds. The summed E-state index contributed by atoms with van der Waals surface area (Å²) in [6.45, 7) is 1.26. The highest BCUT2D eigenvalue weighted by atomic mass is 19.1. The van der Waals surface area contributed by atoms with Crippen LogP contribution in [-0.2, 0) is 16.0 Å². The molecule has 1 fully saturated rings. The van der Waals surface area contributed by atoms with Gasteiger partial charge in [-0.05, 0) is 36.6 Å². The lowest BCUT2D eigenvalue weighted by atomic mass is 10.1. The Bertz CT molecular complexity index is 653. The molecule has 120 valence electrons. The van der Waals surface area contributed by atoms with E-state index in [0.717, 1.165) is 25.1 Å². The molecule has 23 heavy (non-hydrogen) atoms. The molecule has 0 spiro atoms. The Hall–Kier alpha value is -2.20. The first-order valence-electron chi connectivity index (χ1n) is 7.94. The van der Waals surface area contributed by atoms with Gasteiger partial charge in [-0.1, -0.05) is 36.4 Å². The molecule has 0 bridgehead atoms. The van der Waals surface area contributed by atoms with Crippen LogP contribution in [0.4, 0.5) is 10.1 Å². The van der Waals surface area contributed by atoms with Gasteiger partial charge in [0.25, 0.3) is 0 Å². The smallest absolute Gasteiger partial charge is 0.231 e. The van der Waals surface area contributed by atoms with Crippen molar-refractivity contribution in [3.8, 4) is 0 Å². The molecule has 0 aromatic heterocycles. The number of rotatable bonds is 5. The fourth-order valence-corrected chi connectivity index (χ4v) is 2.85. The molecule has 0 aliphatic carbocycles. The van der Waals surface area contributed by atoms with Gasteiger partial charge in [0, 0.05) is 12.3 Å². The van der Waals surface area contributed by atoms with E-state index in [1.807, 2.05) is 30.3 Å². The SMILES string of the molecule is O=C(Cc1ccccc1F)N(CC1CCCO1)c1ccccc1. The topological polar surface area (TPSA) is 29.5 Å². The Morgan fingerprint density at radius 2 is 1.87 bits per heavy atom. The highest BCUT2D eigenvalue weighted by Crippen LogP contribution is 2.20. The second-order valence-corrected chi connectivity index (χ2v) is 5.74. The van der Waals surface area contributed by atoms with Crippen LogP contribution < -0.4 is 4.90 Å². The molecule has 0 radical (unpaired) electrons. The second kappa shape index (κ2) is 7.38. The molecule has 1 aliphatic heterocycles. The van der Waals surface area contributed by atoms with E-state index in [1.54, 1.807) is 23.1 Å². The lowest BCUT2D eigenvalue weighted by Gasteiger charge is -2.26. The van der Waals surface area contributed by atoms with Crippen molar-refractivity contribution in [2.24, 2.45) is 0 Å². The van der Waals surface area contributed by atoms with Crippen LogP contribution in [0.25, 0.3) is 0 Å². The highest BCUT2D eigenvalue weighted by molar-refractivity contribution is 5.94. The number of amides is 1. The quantitative estimate of drug-likeness (QED) is 0.844. The average Bonchev–Trinajstić information content (AvgIpc) is 3.09. The van der Waals surface area contributed by atoms with Crippen LogP contribution in [0.1, 0.15) is 18.4 Å². The molecule has 1 unspecified atom stereocenters. The zero-order valence-corrected chi connectivity index (χ0v) is 13.0. The Labute approximate surface area is 135 Å². The second-order valence-electron chi connectivity index (χ2n) is 5.74. The van der Waals surface area contributed by atoms with E-state index in [2.05, 4.69) is 0 Å². The predicted molar refractivity (Wildman–Crippen MR) is 87.9 cm³/mol. The van der Waals surface area contributed by atoms with Crippen molar-refractivity contribution in [3.05, 3.63) is 66.0 Å². The molecule has 4 heteroatoms. The summed E-state index contributed by atoms with van der Waals surface area (Å²) in [7, 11) is 0. The Kier molecular flexibility index (Phi) is 5.03. The number of para-hydroxylation sites is 1. The van der Waals surface area contributed by atoms with Crippen molar-refractivity contribution < 1.29 is 13.9 Å². The zero-order valence-electron chi connectivity index (χ0n) is 13.0. The fourth-order valence-electron chi connectivity index (χ4n) is 2.85. The maximum atomic E-state index is 13.8. The molecule has 1 aliphatic rings. The number of halogens is 1. The summed E-state index contributed by atoms with van der Waals surface area (Å²) in [6, 6.07) is 15.9. The van der Waals surface area contributed by atoms with Gasteiger partial charge in [0.1, 0.15) is 5.82 Å². The van der Waals surface area contributed by atoms with Crippen LogP contribution in [0.5, 0.6) is 0 Å². The lowest BCUT2D eigenvalue weighted by molar-refractivity contribution is -0.118. The van der Waals surface area contributed by atoms with E-state index >= 15 is 0 Å². The third-order valence-electron chi connectivity index (χ3n) is 4.08. The normalized spacial score (nSPS) is 17.2. The van der Waals surface area contributed by atoms with E-state index in [9.17, 15) is 9.18 Å². The first kappa shape index (κ1) is 15.7. The minimum absolute atomic E-state index is 0.0499. The summed E-state index contributed by atoms with van der Waals surface area (Å²) in [6.07, 6.45) is 2.08. The molecule has 1 heterocycles. The van der Waals surface area contributed by atoms with Gasteiger partial charge in [0.05, 0.1) is 19.1 Å². The maximum Gasteiger partial charge on any atom is 0.231 e. The molecular formula is C19H20FNO2. The van der Waals surface area contributed by atoms with Crippen LogP contribution in [0.3, 0.4) is 0 Å². The fraction of sp³-hybridized carbons (Fsp3) is 0.316. The van der Waals surface area contributed by atoms with Crippen LogP contribution >= 0.6 is 0 Å². The van der Waals surface area contributed by atoms with Crippen molar-refractivity contribution in [2.75, 3.05) is 18.1 Å². The Morgan fingerprint density at radius 3 is 2.57 bits per heavy atom. The monoisotopic (exact) mass is 313 g/mol. The number of carbonyl (C=O) groups is 1. The Balaban J connectivity index is 1.79. The zero-order chi connectivity index (χ0) is 16.1. The van der Waals surface area contributed by atoms with Crippen molar-refractivity contribution in [1.82, 2.24) is 0 Å². The van der Waals surface area contributed by atoms with E-state index < -0.39 is 0 Å². The summed E-state index contributed by atoms with van der Waals surface area (Å²) < 4.78 is 19.5. The third kappa shape index (κ3) is 3.96. The highest BCUT2D eigenvalue weighted by Gasteiger charge is 2.24.